The van der Waals surface area contributed by atoms with Crippen molar-refractivity contribution in [3.63, 3.8) is 0 Å². The number of hydrogen-bond donors (Lipinski definition) is 2. The number of carbonyl (C=O) groups is 1. The first-order valence-corrected chi connectivity index (χ1v) is 8.25. The Morgan fingerprint density at radius 1 is 1.39 bits per heavy atom. The Bertz CT molecular complexity index is 380. The van der Waals surface area contributed by atoms with E-state index in [1.807, 2.05) is 42.1 Å². The van der Waals surface area contributed by atoms with Crippen LogP contribution in [0.1, 0.15) is 11.6 Å². The molecule has 1 aromatic rings. The van der Waals surface area contributed by atoms with Gasteiger partial charge in [-0.3, -0.25) is 4.79 Å². The predicted molar refractivity (Wildman–Crippen MR) is 80.0 cm³/mol. The molecule has 5 heteroatoms. The topological polar surface area (TPSA) is 55.1 Å². The van der Waals surface area contributed by atoms with E-state index in [1.165, 1.54) is 0 Å². The first kappa shape index (κ1) is 13.8. The van der Waals surface area contributed by atoms with Crippen LogP contribution < -0.4 is 11.1 Å². The normalized spacial score (nSPS) is 21.3. The molecule has 0 spiro atoms. The SMILES string of the molecule is NC(CNC(=O)C1CSCCS1)c1ccccc1. The van der Waals surface area contributed by atoms with Crippen molar-refractivity contribution in [2.24, 2.45) is 5.73 Å². The maximum absolute atomic E-state index is 11.9. The van der Waals surface area contributed by atoms with E-state index in [-0.39, 0.29) is 17.2 Å². The van der Waals surface area contributed by atoms with E-state index in [0.29, 0.717) is 6.54 Å². The summed E-state index contributed by atoms with van der Waals surface area (Å²) in [6.07, 6.45) is 0. The molecule has 2 atom stereocenters. The van der Waals surface area contributed by atoms with E-state index < -0.39 is 0 Å². The molecule has 18 heavy (non-hydrogen) atoms. The summed E-state index contributed by atoms with van der Waals surface area (Å²) in [6.45, 7) is 0.505. The molecule has 1 aliphatic heterocycles. The first-order chi connectivity index (χ1) is 8.77. The third kappa shape index (κ3) is 3.93. The molecular weight excluding hydrogens is 264 g/mol. The lowest BCUT2D eigenvalue weighted by Crippen LogP contribution is -2.39. The minimum Gasteiger partial charge on any atom is -0.353 e. The van der Waals surface area contributed by atoms with E-state index in [0.717, 1.165) is 22.8 Å². The smallest absolute Gasteiger partial charge is 0.234 e. The number of thioether (sulfide) groups is 2. The number of benzene rings is 1. The lowest BCUT2D eigenvalue weighted by molar-refractivity contribution is -0.120. The number of nitrogens with two attached hydrogens (primary N) is 1. The average molecular weight is 282 g/mol. The maximum atomic E-state index is 11.9. The van der Waals surface area contributed by atoms with Crippen LogP contribution in [-0.2, 0) is 4.79 Å². The Kier molecular flexibility index (Phi) is 5.41. The van der Waals surface area contributed by atoms with Crippen LogP contribution in [0.2, 0.25) is 0 Å². The molecule has 1 heterocycles. The van der Waals surface area contributed by atoms with Gasteiger partial charge >= 0.3 is 0 Å². The van der Waals surface area contributed by atoms with E-state index in [2.05, 4.69) is 5.32 Å². The molecule has 98 valence electrons. The quantitative estimate of drug-likeness (QED) is 0.882. The number of hydrogen-bond acceptors (Lipinski definition) is 4. The minimum absolute atomic E-state index is 0.0896. The Balaban J connectivity index is 1.78. The second kappa shape index (κ2) is 7.07. The van der Waals surface area contributed by atoms with Crippen LogP contribution in [0.3, 0.4) is 0 Å². The highest BCUT2D eigenvalue weighted by atomic mass is 32.2. The molecule has 0 bridgehead atoms. The predicted octanol–water partition coefficient (Wildman–Crippen LogP) is 1.65. The molecule has 1 aromatic carbocycles. The van der Waals surface area contributed by atoms with Gasteiger partial charge in [0.15, 0.2) is 0 Å². The second-order valence-electron chi connectivity index (χ2n) is 4.20. The molecule has 0 aliphatic carbocycles. The summed E-state index contributed by atoms with van der Waals surface area (Å²) < 4.78 is 0. The summed E-state index contributed by atoms with van der Waals surface area (Å²) in [4.78, 5) is 11.9. The molecule has 3 N–H and O–H groups in total. The lowest BCUT2D eigenvalue weighted by Gasteiger charge is -2.21. The van der Waals surface area contributed by atoms with Crippen molar-refractivity contribution in [3.05, 3.63) is 35.9 Å². The fourth-order valence-corrected chi connectivity index (χ4v) is 4.36. The monoisotopic (exact) mass is 282 g/mol. The molecule has 2 rings (SSSR count). The number of nitrogens with one attached hydrogen (secondary N) is 1. The van der Waals surface area contributed by atoms with Crippen LogP contribution in [0, 0.1) is 0 Å². The number of rotatable bonds is 4. The Hall–Kier alpha value is -0.650. The van der Waals surface area contributed by atoms with Gasteiger partial charge in [-0.05, 0) is 5.56 Å². The van der Waals surface area contributed by atoms with Gasteiger partial charge in [0, 0.05) is 29.8 Å². The number of carbonyl (C=O) groups excluding carboxylic acids is 1. The van der Waals surface area contributed by atoms with Crippen LogP contribution in [0.25, 0.3) is 0 Å². The van der Waals surface area contributed by atoms with Gasteiger partial charge in [-0.1, -0.05) is 30.3 Å². The van der Waals surface area contributed by atoms with Crippen molar-refractivity contribution in [1.29, 1.82) is 0 Å². The van der Waals surface area contributed by atoms with Crippen molar-refractivity contribution in [2.45, 2.75) is 11.3 Å². The third-order valence-electron chi connectivity index (χ3n) is 2.83. The van der Waals surface area contributed by atoms with Crippen molar-refractivity contribution < 1.29 is 4.79 Å². The van der Waals surface area contributed by atoms with Gasteiger partial charge in [0.2, 0.25) is 5.91 Å². The summed E-state index contributed by atoms with van der Waals surface area (Å²) in [6, 6.07) is 9.74. The fraction of sp³-hybridized carbons (Fsp3) is 0.462. The van der Waals surface area contributed by atoms with Crippen molar-refractivity contribution in [2.75, 3.05) is 23.8 Å². The van der Waals surface area contributed by atoms with E-state index >= 15 is 0 Å². The highest BCUT2D eigenvalue weighted by Crippen LogP contribution is 2.24. The molecule has 1 saturated heterocycles. The summed E-state index contributed by atoms with van der Waals surface area (Å²) in [5.41, 5.74) is 7.10. The molecule has 1 fully saturated rings. The molecule has 0 radical (unpaired) electrons. The van der Waals surface area contributed by atoms with Gasteiger partial charge in [0.1, 0.15) is 0 Å². The highest BCUT2D eigenvalue weighted by molar-refractivity contribution is 8.07. The summed E-state index contributed by atoms with van der Waals surface area (Å²) in [5, 5.41) is 3.04. The van der Waals surface area contributed by atoms with Crippen LogP contribution in [0.5, 0.6) is 0 Å². The number of amides is 1. The first-order valence-electron chi connectivity index (χ1n) is 6.05. The Morgan fingerprint density at radius 3 is 2.83 bits per heavy atom. The van der Waals surface area contributed by atoms with Crippen LogP contribution >= 0.6 is 23.5 Å². The lowest BCUT2D eigenvalue weighted by atomic mass is 10.1. The zero-order chi connectivity index (χ0) is 12.8. The van der Waals surface area contributed by atoms with Crippen LogP contribution in [-0.4, -0.2) is 35.0 Å². The molecular formula is C13H18N2OS2. The van der Waals surface area contributed by atoms with Crippen molar-refractivity contribution >= 4 is 29.4 Å². The molecule has 0 saturated carbocycles. The summed E-state index contributed by atoms with van der Waals surface area (Å²) in [5.74, 6) is 3.25. The van der Waals surface area contributed by atoms with Gasteiger partial charge in [-0.2, -0.15) is 11.8 Å². The highest BCUT2D eigenvalue weighted by Gasteiger charge is 2.22. The third-order valence-corrected chi connectivity index (χ3v) is 5.59. The molecule has 0 aromatic heterocycles. The van der Waals surface area contributed by atoms with Gasteiger partial charge in [0.25, 0.3) is 0 Å². The van der Waals surface area contributed by atoms with Crippen LogP contribution in [0.4, 0.5) is 0 Å². The van der Waals surface area contributed by atoms with Crippen molar-refractivity contribution in [3.8, 4) is 0 Å². The summed E-state index contributed by atoms with van der Waals surface area (Å²) >= 11 is 3.59. The maximum Gasteiger partial charge on any atom is 0.234 e. The van der Waals surface area contributed by atoms with Gasteiger partial charge in [-0.15, -0.1) is 11.8 Å². The minimum atomic E-state index is -0.128. The standard InChI is InChI=1S/C13H18N2OS2/c14-11(10-4-2-1-3-5-10)8-15-13(16)12-9-17-6-7-18-12/h1-5,11-12H,6-9,14H2,(H,15,16). The molecule has 1 aliphatic rings. The van der Waals surface area contributed by atoms with Gasteiger partial charge in [0.05, 0.1) is 5.25 Å². The second-order valence-corrected chi connectivity index (χ2v) is 6.66. The molecule has 2 unspecified atom stereocenters. The molecule has 3 nitrogen and oxygen atoms in total. The average Bonchev–Trinajstić information content (AvgIpc) is 2.46. The zero-order valence-electron chi connectivity index (χ0n) is 10.2. The van der Waals surface area contributed by atoms with E-state index in [1.54, 1.807) is 11.8 Å². The van der Waals surface area contributed by atoms with Crippen molar-refractivity contribution in [1.82, 2.24) is 5.32 Å². The Labute approximate surface area is 116 Å². The fourth-order valence-electron chi connectivity index (χ4n) is 1.78. The van der Waals surface area contributed by atoms with Crippen LogP contribution in [0.15, 0.2) is 30.3 Å². The largest absolute Gasteiger partial charge is 0.353 e. The molecule has 1 amide bonds. The van der Waals surface area contributed by atoms with Gasteiger partial charge < -0.3 is 11.1 Å². The van der Waals surface area contributed by atoms with Gasteiger partial charge in [-0.25, -0.2) is 0 Å². The van der Waals surface area contributed by atoms with E-state index in [9.17, 15) is 4.79 Å². The Morgan fingerprint density at radius 2 is 2.17 bits per heavy atom. The van der Waals surface area contributed by atoms with E-state index in [4.69, 9.17) is 5.73 Å². The summed E-state index contributed by atoms with van der Waals surface area (Å²) in [7, 11) is 0. The zero-order valence-corrected chi connectivity index (χ0v) is 11.8.